The van der Waals surface area contributed by atoms with Gasteiger partial charge in [0.25, 0.3) is 0 Å². The van der Waals surface area contributed by atoms with Crippen LogP contribution in [0.4, 0.5) is 0 Å². The zero-order valence-electron chi connectivity index (χ0n) is 8.17. The Morgan fingerprint density at radius 1 is 1.33 bits per heavy atom. The van der Waals surface area contributed by atoms with Crippen molar-refractivity contribution >= 4 is 12.1 Å². The summed E-state index contributed by atoms with van der Waals surface area (Å²) in [6.45, 7) is 6.01. The fourth-order valence-corrected chi connectivity index (χ4v) is 0.953. The van der Waals surface area contributed by atoms with Gasteiger partial charge in [-0.3, -0.25) is 4.79 Å². The molecule has 0 heterocycles. The Balaban J connectivity index is 3.63. The monoisotopic (exact) mass is 170 g/mol. The maximum Gasteiger partial charge on any atom is 0.136 e. The fourth-order valence-electron chi connectivity index (χ4n) is 0.953. The minimum absolute atomic E-state index is 0.0822. The second-order valence-electron chi connectivity index (χ2n) is 3.70. The number of hydrogen-bond acceptors (Lipinski definition) is 2. The maximum atomic E-state index is 11.3. The molecule has 2 nitrogen and oxygen atoms in total. The number of carbonyl (C=O) groups excluding carboxylic acids is 2. The predicted molar refractivity (Wildman–Crippen MR) is 48.9 cm³/mol. The van der Waals surface area contributed by atoms with Gasteiger partial charge >= 0.3 is 0 Å². The van der Waals surface area contributed by atoms with Crippen LogP contribution in [0.1, 0.15) is 40.0 Å². The molecule has 0 aromatic carbocycles. The average molecular weight is 170 g/mol. The maximum absolute atomic E-state index is 11.3. The number of ketones is 1. The van der Waals surface area contributed by atoms with Crippen LogP contribution in [0.15, 0.2) is 0 Å². The summed E-state index contributed by atoms with van der Waals surface area (Å²) in [5, 5.41) is 0. The second-order valence-corrected chi connectivity index (χ2v) is 3.70. The Bertz CT molecular complexity index is 150. The summed E-state index contributed by atoms with van der Waals surface area (Å²) in [6, 6.07) is 0. The van der Waals surface area contributed by atoms with Crippen molar-refractivity contribution in [3.05, 3.63) is 0 Å². The molecule has 70 valence electrons. The Hall–Kier alpha value is -0.660. The lowest BCUT2D eigenvalue weighted by Crippen LogP contribution is -2.11. The van der Waals surface area contributed by atoms with Crippen LogP contribution in [0.25, 0.3) is 0 Å². The Morgan fingerprint density at radius 3 is 2.33 bits per heavy atom. The van der Waals surface area contributed by atoms with Crippen LogP contribution < -0.4 is 0 Å². The highest BCUT2D eigenvalue weighted by Crippen LogP contribution is 2.10. The first-order chi connectivity index (χ1) is 5.57. The summed E-state index contributed by atoms with van der Waals surface area (Å²) < 4.78 is 0. The molecule has 0 aliphatic rings. The van der Waals surface area contributed by atoms with Gasteiger partial charge in [-0.25, -0.2) is 0 Å². The van der Waals surface area contributed by atoms with Crippen molar-refractivity contribution in [3.8, 4) is 0 Å². The lowest BCUT2D eigenvalue weighted by molar-refractivity contribution is -0.124. The second kappa shape index (κ2) is 5.92. The lowest BCUT2D eigenvalue weighted by atomic mass is 9.96. The van der Waals surface area contributed by atoms with E-state index in [1.165, 1.54) is 0 Å². The molecule has 0 amide bonds. The van der Waals surface area contributed by atoms with Crippen LogP contribution in [0.2, 0.25) is 0 Å². The van der Waals surface area contributed by atoms with Crippen LogP contribution >= 0.6 is 0 Å². The molecule has 0 aromatic heterocycles. The normalized spacial score (nSPS) is 13.0. The van der Waals surface area contributed by atoms with E-state index in [2.05, 4.69) is 13.8 Å². The number of aldehydes is 1. The number of rotatable bonds is 6. The molecule has 0 saturated carbocycles. The van der Waals surface area contributed by atoms with Crippen molar-refractivity contribution in [1.29, 1.82) is 0 Å². The fraction of sp³-hybridized carbons (Fsp3) is 0.800. The predicted octanol–water partition coefficient (Wildman–Crippen LogP) is 2.22. The Morgan fingerprint density at radius 2 is 1.92 bits per heavy atom. The summed E-state index contributed by atoms with van der Waals surface area (Å²) in [6.07, 6.45) is 2.74. The van der Waals surface area contributed by atoms with Crippen LogP contribution in [0.5, 0.6) is 0 Å². The minimum Gasteiger partial charge on any atom is -0.303 e. The van der Waals surface area contributed by atoms with E-state index in [9.17, 15) is 9.59 Å². The molecule has 0 fully saturated rings. The van der Waals surface area contributed by atoms with E-state index < -0.39 is 0 Å². The van der Waals surface area contributed by atoms with Crippen molar-refractivity contribution in [1.82, 2.24) is 0 Å². The first-order valence-corrected chi connectivity index (χ1v) is 4.54. The highest BCUT2D eigenvalue weighted by atomic mass is 16.1. The van der Waals surface area contributed by atoms with Gasteiger partial charge in [0.15, 0.2) is 0 Å². The smallest absolute Gasteiger partial charge is 0.136 e. The molecule has 2 heteroatoms. The van der Waals surface area contributed by atoms with E-state index in [0.29, 0.717) is 18.8 Å². The summed E-state index contributed by atoms with van der Waals surface area (Å²) in [5.41, 5.74) is 0. The summed E-state index contributed by atoms with van der Waals surface area (Å²) in [4.78, 5) is 21.4. The van der Waals surface area contributed by atoms with Crippen LogP contribution in [0.3, 0.4) is 0 Å². The van der Waals surface area contributed by atoms with Gasteiger partial charge in [-0.05, 0) is 12.3 Å². The van der Waals surface area contributed by atoms with Gasteiger partial charge in [0.1, 0.15) is 12.1 Å². The largest absolute Gasteiger partial charge is 0.303 e. The third-order valence-electron chi connectivity index (χ3n) is 1.97. The molecule has 0 aliphatic heterocycles. The van der Waals surface area contributed by atoms with E-state index in [1.807, 2.05) is 6.92 Å². The highest BCUT2D eigenvalue weighted by molar-refractivity contribution is 5.82. The molecule has 0 spiro atoms. The lowest BCUT2D eigenvalue weighted by Gasteiger charge is -2.07. The third-order valence-corrected chi connectivity index (χ3v) is 1.97. The number of hydrogen-bond donors (Lipinski definition) is 0. The van der Waals surface area contributed by atoms with Crippen molar-refractivity contribution in [2.75, 3.05) is 0 Å². The Kier molecular flexibility index (Phi) is 5.60. The van der Waals surface area contributed by atoms with Crippen LogP contribution in [-0.2, 0) is 9.59 Å². The summed E-state index contributed by atoms with van der Waals surface area (Å²) >= 11 is 0. The quantitative estimate of drug-likeness (QED) is 0.573. The van der Waals surface area contributed by atoms with Crippen molar-refractivity contribution in [3.63, 3.8) is 0 Å². The van der Waals surface area contributed by atoms with E-state index in [0.717, 1.165) is 12.7 Å². The number of carbonyl (C=O) groups is 2. The molecule has 0 aromatic rings. The summed E-state index contributed by atoms with van der Waals surface area (Å²) in [5.74, 6) is 0.703. The van der Waals surface area contributed by atoms with Crippen molar-refractivity contribution in [2.45, 2.75) is 40.0 Å². The molecule has 0 N–H and O–H groups in total. The van der Waals surface area contributed by atoms with Gasteiger partial charge < -0.3 is 4.79 Å². The van der Waals surface area contributed by atoms with E-state index in [1.54, 1.807) is 0 Å². The topological polar surface area (TPSA) is 34.1 Å². The van der Waals surface area contributed by atoms with Gasteiger partial charge in [-0.2, -0.15) is 0 Å². The molecule has 0 rings (SSSR count). The molecule has 0 saturated heterocycles. The van der Waals surface area contributed by atoms with Crippen molar-refractivity contribution in [2.24, 2.45) is 11.8 Å². The average Bonchev–Trinajstić information content (AvgIpc) is 2.00. The highest BCUT2D eigenvalue weighted by Gasteiger charge is 2.11. The van der Waals surface area contributed by atoms with Crippen molar-refractivity contribution < 1.29 is 9.59 Å². The first kappa shape index (κ1) is 11.3. The molecule has 0 bridgehead atoms. The van der Waals surface area contributed by atoms with E-state index in [-0.39, 0.29) is 11.7 Å². The molecular weight excluding hydrogens is 152 g/mol. The zero-order valence-corrected chi connectivity index (χ0v) is 8.17. The number of Topliss-reactive ketones (excluding diaryl/α,β-unsaturated/α-hetero) is 1. The molecule has 12 heavy (non-hydrogen) atoms. The third kappa shape index (κ3) is 5.05. The van der Waals surface area contributed by atoms with Gasteiger partial charge in [0.2, 0.25) is 0 Å². The molecular formula is C10H18O2. The molecule has 1 atom stereocenters. The van der Waals surface area contributed by atoms with Gasteiger partial charge in [-0.15, -0.1) is 0 Å². The van der Waals surface area contributed by atoms with Gasteiger partial charge in [0, 0.05) is 18.8 Å². The van der Waals surface area contributed by atoms with Crippen LogP contribution in [-0.4, -0.2) is 12.1 Å². The molecule has 0 radical (unpaired) electrons. The SMILES string of the molecule is CC(C)CCC(=O)C(C)CC=O. The molecule has 1 unspecified atom stereocenters. The van der Waals surface area contributed by atoms with Crippen LogP contribution in [0, 0.1) is 11.8 Å². The van der Waals surface area contributed by atoms with Gasteiger partial charge in [-0.1, -0.05) is 20.8 Å². The standard InChI is InChI=1S/C10H18O2/c1-8(2)4-5-10(12)9(3)6-7-11/h7-9H,4-6H2,1-3H3. The van der Waals surface area contributed by atoms with Gasteiger partial charge in [0.05, 0.1) is 0 Å². The first-order valence-electron chi connectivity index (χ1n) is 4.54. The minimum atomic E-state index is -0.0822. The molecule has 0 aliphatic carbocycles. The Labute approximate surface area is 74.3 Å². The van der Waals surface area contributed by atoms with E-state index >= 15 is 0 Å². The van der Waals surface area contributed by atoms with E-state index in [4.69, 9.17) is 0 Å². The summed E-state index contributed by atoms with van der Waals surface area (Å²) in [7, 11) is 0. The zero-order chi connectivity index (χ0) is 9.56.